The Bertz CT molecular complexity index is 6.00. The Kier molecular flexibility index (Phi) is 19.9. The normalized spacial score (nSPS) is 4.50. The molecule has 4 heavy (non-hydrogen) atoms. The molecule has 0 aliphatic carbocycles. The molecule has 0 aromatic heterocycles. The molecule has 0 heterocycles. The van der Waals surface area contributed by atoms with Crippen LogP contribution in [0.4, 0.5) is 0 Å². The van der Waals surface area contributed by atoms with Gasteiger partial charge in [0.15, 0.2) is 0 Å². The molecule has 0 nitrogen and oxygen atoms in total. The van der Waals surface area contributed by atoms with Crippen LogP contribution in [-0.2, 0) is 0 Å². The van der Waals surface area contributed by atoms with Crippen LogP contribution >= 0.6 is 23.2 Å². The van der Waals surface area contributed by atoms with E-state index >= 15 is 0 Å². The van der Waals surface area contributed by atoms with Gasteiger partial charge in [-0.3, -0.25) is 0 Å². The van der Waals surface area contributed by atoms with Gasteiger partial charge in [-0.1, -0.05) is 0 Å². The maximum absolute atomic E-state index is 4.76. The summed E-state index contributed by atoms with van der Waals surface area (Å²) in [5, 5.41) is 0.194. The third-order valence-electron chi connectivity index (χ3n) is 0. The second-order valence-corrected chi connectivity index (χ2v) is 0.909. The van der Waals surface area contributed by atoms with Crippen LogP contribution < -0.4 is 0 Å². The van der Waals surface area contributed by atoms with Gasteiger partial charge in [0.05, 0.1) is 5.34 Å². The molecule has 0 aliphatic rings. The first-order valence-corrected chi connectivity index (χ1v) is 1.60. The molecule has 0 aromatic rings. The van der Waals surface area contributed by atoms with E-state index in [0.29, 0.717) is 0 Å². The van der Waals surface area contributed by atoms with E-state index in [4.69, 9.17) is 23.2 Å². The third kappa shape index (κ3) is 10.7. The van der Waals surface area contributed by atoms with Gasteiger partial charge in [-0.05, 0) is 0 Å². The van der Waals surface area contributed by atoms with Crippen LogP contribution in [0.2, 0.25) is 0 Å². The zero-order valence-corrected chi connectivity index (χ0v) is 2.97. The average molecular weight is 158 g/mol. The van der Waals surface area contributed by atoms with E-state index in [1.807, 2.05) is 0 Å². The second kappa shape index (κ2) is 8.88. The van der Waals surface area contributed by atoms with Crippen LogP contribution in [0.5, 0.6) is 0 Å². The van der Waals surface area contributed by atoms with Crippen molar-refractivity contribution in [1.29, 1.82) is 0 Å². The van der Waals surface area contributed by atoms with Crippen LogP contribution in [0, 0.1) is 0 Å². The molecule has 0 bridgehead atoms. The summed E-state index contributed by atoms with van der Waals surface area (Å²) in [5.74, 6) is 0. The molecule has 0 saturated carbocycles. The van der Waals surface area contributed by atoms with Gasteiger partial charge in [-0.15, -0.1) is 23.2 Å². The number of halogens is 2. The summed E-state index contributed by atoms with van der Waals surface area (Å²) in [5.41, 5.74) is 0. The average Bonchev–Trinajstić information content (AvgIpc) is 0.918. The van der Waals surface area contributed by atoms with Crippen molar-refractivity contribution in [2.45, 2.75) is 0 Å². The van der Waals surface area contributed by atoms with Crippen LogP contribution in [0.25, 0.3) is 0 Å². The molecule has 0 N–H and O–H groups in total. The topological polar surface area (TPSA) is 0 Å². The quantitative estimate of drug-likeness (QED) is 0.349. The predicted molar refractivity (Wildman–Crippen MR) is 26.5 cm³/mol. The Morgan fingerprint density at radius 1 is 1.25 bits per heavy atom. The first-order valence-electron chi connectivity index (χ1n) is 0.535. The van der Waals surface area contributed by atoms with Gasteiger partial charge in [-0.25, -0.2) is 0 Å². The zero-order valence-electron chi connectivity index (χ0n) is 1.46. The van der Waals surface area contributed by atoms with E-state index in [0.717, 1.165) is 0 Å². The summed E-state index contributed by atoms with van der Waals surface area (Å²) in [6.45, 7) is 0. The van der Waals surface area contributed by atoms with E-state index in [-0.39, 0.29) is 25.1 Å². The fourth-order valence-corrected chi connectivity index (χ4v) is 0. The van der Waals surface area contributed by atoms with Crippen molar-refractivity contribution in [3.63, 3.8) is 0 Å². The minimum absolute atomic E-state index is 0. The van der Waals surface area contributed by atoms with Crippen LogP contribution in [0.1, 0.15) is 0 Å². The Hall–Kier alpha value is 1.22. The molecular formula is CH5Cl2Ga. The fraction of sp³-hybridized carbons (Fsp3) is 1.00. The van der Waals surface area contributed by atoms with Crippen molar-refractivity contribution >= 4 is 43.0 Å². The molecule has 0 aliphatic heterocycles. The molecule has 0 fully saturated rings. The van der Waals surface area contributed by atoms with E-state index in [1.54, 1.807) is 0 Å². The number of rotatable bonds is 0. The number of hydrogen-bond acceptors (Lipinski definition) is 0. The van der Waals surface area contributed by atoms with Gasteiger partial charge in [0.2, 0.25) is 0 Å². The number of alkyl halides is 2. The van der Waals surface area contributed by atoms with Gasteiger partial charge in [0.1, 0.15) is 0 Å². The SMILES string of the molecule is ClCCl.[GaH3]. The molecule has 26 valence electrons. The van der Waals surface area contributed by atoms with Crippen molar-refractivity contribution < 1.29 is 0 Å². The monoisotopic (exact) mass is 156 g/mol. The van der Waals surface area contributed by atoms with Gasteiger partial charge in [0.25, 0.3) is 0 Å². The van der Waals surface area contributed by atoms with Crippen molar-refractivity contribution in [1.82, 2.24) is 0 Å². The van der Waals surface area contributed by atoms with E-state index in [2.05, 4.69) is 0 Å². The Morgan fingerprint density at radius 2 is 1.25 bits per heavy atom. The Balaban J connectivity index is 0. The first-order chi connectivity index (χ1) is 1.41. The van der Waals surface area contributed by atoms with Crippen LogP contribution in [-0.4, -0.2) is 25.1 Å². The van der Waals surface area contributed by atoms with Crippen LogP contribution in [0.3, 0.4) is 0 Å². The molecule has 0 unspecified atom stereocenters. The van der Waals surface area contributed by atoms with E-state index in [9.17, 15) is 0 Å². The summed E-state index contributed by atoms with van der Waals surface area (Å²) in [7, 11) is 0. The van der Waals surface area contributed by atoms with E-state index in [1.165, 1.54) is 0 Å². The van der Waals surface area contributed by atoms with Gasteiger partial charge in [0, 0.05) is 0 Å². The summed E-state index contributed by atoms with van der Waals surface area (Å²) in [6, 6.07) is 0. The zero-order chi connectivity index (χ0) is 2.71. The Labute approximate surface area is 48.5 Å². The molecule has 0 radical (unpaired) electrons. The summed E-state index contributed by atoms with van der Waals surface area (Å²) < 4.78 is 0. The van der Waals surface area contributed by atoms with Crippen molar-refractivity contribution in [2.24, 2.45) is 0 Å². The predicted octanol–water partition coefficient (Wildman–Crippen LogP) is 0.238. The molecule has 3 heteroatoms. The molecule has 0 rings (SSSR count). The Morgan fingerprint density at radius 3 is 1.25 bits per heavy atom. The molecule has 0 atom stereocenters. The number of hydrogen-bond donors (Lipinski definition) is 0. The van der Waals surface area contributed by atoms with Crippen LogP contribution in [0.15, 0.2) is 0 Å². The van der Waals surface area contributed by atoms with Crippen molar-refractivity contribution in [2.75, 3.05) is 5.34 Å². The summed E-state index contributed by atoms with van der Waals surface area (Å²) in [6.07, 6.45) is 0. The van der Waals surface area contributed by atoms with Gasteiger partial charge >= 0.3 is 19.8 Å². The molecule has 0 spiro atoms. The molecule has 0 amide bonds. The molecular weight excluding hydrogens is 153 g/mol. The van der Waals surface area contributed by atoms with Crippen molar-refractivity contribution in [3.8, 4) is 0 Å². The van der Waals surface area contributed by atoms with Crippen molar-refractivity contribution in [3.05, 3.63) is 0 Å². The first kappa shape index (κ1) is 8.96. The molecule has 0 aromatic carbocycles. The minimum atomic E-state index is 0. The fourth-order valence-electron chi connectivity index (χ4n) is 0. The standard InChI is InChI=1S/CH2Cl2.Ga.3H/c2-1-3;;;;/h1H2;;;;. The second-order valence-electron chi connectivity index (χ2n) is 0.101. The molecule has 0 saturated heterocycles. The van der Waals surface area contributed by atoms with E-state index < -0.39 is 0 Å². The van der Waals surface area contributed by atoms with Gasteiger partial charge in [-0.2, -0.15) is 0 Å². The summed E-state index contributed by atoms with van der Waals surface area (Å²) in [4.78, 5) is 0. The van der Waals surface area contributed by atoms with Gasteiger partial charge < -0.3 is 0 Å². The summed E-state index contributed by atoms with van der Waals surface area (Å²) >= 11 is 9.53. The third-order valence-corrected chi connectivity index (χ3v) is 0. The maximum atomic E-state index is 4.76.